The van der Waals surface area contributed by atoms with Crippen LogP contribution >= 0.6 is 0 Å². The summed E-state index contributed by atoms with van der Waals surface area (Å²) < 4.78 is 5.47. The van der Waals surface area contributed by atoms with Crippen LogP contribution in [0.3, 0.4) is 0 Å². The predicted molar refractivity (Wildman–Crippen MR) is 89.3 cm³/mol. The van der Waals surface area contributed by atoms with Gasteiger partial charge in [0.1, 0.15) is 0 Å². The normalized spacial score (nSPS) is 21.3. The summed E-state index contributed by atoms with van der Waals surface area (Å²) in [5, 5.41) is 2.93. The number of pyridine rings is 1. The van der Waals surface area contributed by atoms with Crippen LogP contribution < -0.4 is 10.1 Å². The van der Waals surface area contributed by atoms with E-state index in [9.17, 15) is 9.59 Å². The highest BCUT2D eigenvalue weighted by atomic mass is 16.5. The van der Waals surface area contributed by atoms with Crippen LogP contribution in [0.2, 0.25) is 0 Å². The Bertz CT molecular complexity index is 599. The van der Waals surface area contributed by atoms with Crippen molar-refractivity contribution in [3.05, 3.63) is 23.9 Å². The summed E-state index contributed by atoms with van der Waals surface area (Å²) in [6.45, 7) is 3.36. The van der Waals surface area contributed by atoms with Crippen LogP contribution in [0, 0.1) is 5.92 Å². The Labute approximate surface area is 142 Å². The lowest BCUT2D eigenvalue weighted by Gasteiger charge is -2.23. The van der Waals surface area contributed by atoms with E-state index in [1.165, 1.54) is 12.8 Å². The first-order valence-corrected chi connectivity index (χ1v) is 8.83. The maximum Gasteiger partial charge on any atom is 0.225 e. The van der Waals surface area contributed by atoms with Gasteiger partial charge < -0.3 is 15.0 Å². The van der Waals surface area contributed by atoms with E-state index < -0.39 is 0 Å². The molecule has 24 heavy (non-hydrogen) atoms. The Morgan fingerprint density at radius 1 is 1.42 bits per heavy atom. The largest absolute Gasteiger partial charge is 0.478 e. The second kappa shape index (κ2) is 7.64. The summed E-state index contributed by atoms with van der Waals surface area (Å²) in [7, 11) is 0. The molecule has 6 heteroatoms. The van der Waals surface area contributed by atoms with E-state index in [1.807, 2.05) is 24.0 Å². The van der Waals surface area contributed by atoms with Gasteiger partial charge in [-0.2, -0.15) is 0 Å². The third-order valence-corrected chi connectivity index (χ3v) is 4.88. The maximum atomic E-state index is 12.4. The lowest BCUT2D eigenvalue weighted by atomic mass is 10.1. The second-order valence-corrected chi connectivity index (χ2v) is 6.50. The van der Waals surface area contributed by atoms with Crippen molar-refractivity contribution < 1.29 is 14.3 Å². The molecule has 1 aromatic rings. The lowest BCUT2D eigenvalue weighted by Crippen LogP contribution is -2.36. The fourth-order valence-corrected chi connectivity index (χ4v) is 3.63. The van der Waals surface area contributed by atoms with Crippen molar-refractivity contribution in [3.8, 4) is 5.88 Å². The van der Waals surface area contributed by atoms with E-state index in [0.29, 0.717) is 38.0 Å². The number of nitrogens with zero attached hydrogens (tertiary/aromatic N) is 2. The van der Waals surface area contributed by atoms with E-state index in [1.54, 1.807) is 6.20 Å². The molecule has 1 saturated carbocycles. The fraction of sp³-hybridized carbons (Fsp3) is 0.611. The average Bonchev–Trinajstić information content (AvgIpc) is 3.23. The molecule has 0 unspecified atom stereocenters. The van der Waals surface area contributed by atoms with Gasteiger partial charge in [0.05, 0.1) is 12.5 Å². The Balaban J connectivity index is 1.55. The van der Waals surface area contributed by atoms with Crippen molar-refractivity contribution >= 4 is 11.8 Å². The molecule has 1 aromatic heterocycles. The molecule has 2 amide bonds. The average molecular weight is 331 g/mol. The summed E-state index contributed by atoms with van der Waals surface area (Å²) in [6.07, 6.45) is 6.53. The number of likely N-dealkylation sites (tertiary alicyclic amines) is 1. The van der Waals surface area contributed by atoms with Crippen LogP contribution in [0.5, 0.6) is 5.88 Å². The molecule has 2 heterocycles. The third kappa shape index (κ3) is 3.68. The van der Waals surface area contributed by atoms with E-state index in [4.69, 9.17) is 4.74 Å². The highest BCUT2D eigenvalue weighted by molar-refractivity contribution is 5.89. The highest BCUT2D eigenvalue weighted by Crippen LogP contribution is 2.29. The Kier molecular flexibility index (Phi) is 5.33. The zero-order valence-corrected chi connectivity index (χ0v) is 14.2. The molecule has 1 saturated heterocycles. The molecular weight excluding hydrogens is 306 g/mol. The molecule has 1 aliphatic heterocycles. The molecule has 0 bridgehead atoms. The number of ether oxygens (including phenoxy) is 1. The standard InChI is InChI=1S/C18H25N3O3/c1-2-24-18-13(6-5-9-19-18)11-20-17(23)14-10-16(22)21(12-14)15-7-3-4-8-15/h5-6,9,14-15H,2-4,7-8,10-12H2,1H3,(H,20,23)/t14-/m0/s1. The molecule has 1 aliphatic carbocycles. The summed E-state index contributed by atoms with van der Waals surface area (Å²) in [4.78, 5) is 30.8. The zero-order valence-electron chi connectivity index (χ0n) is 14.2. The minimum absolute atomic E-state index is 0.0600. The van der Waals surface area contributed by atoms with Gasteiger partial charge in [0.2, 0.25) is 17.7 Å². The molecule has 0 aromatic carbocycles. The molecule has 0 spiro atoms. The number of carbonyl (C=O) groups is 2. The summed E-state index contributed by atoms with van der Waals surface area (Å²) in [5.74, 6) is 0.370. The van der Waals surface area contributed by atoms with Crippen molar-refractivity contribution in [3.63, 3.8) is 0 Å². The number of nitrogens with one attached hydrogen (secondary N) is 1. The summed E-state index contributed by atoms with van der Waals surface area (Å²) in [6, 6.07) is 4.06. The first-order valence-electron chi connectivity index (χ1n) is 8.83. The molecule has 0 radical (unpaired) electrons. The van der Waals surface area contributed by atoms with Crippen molar-refractivity contribution in [2.45, 2.75) is 51.6 Å². The topological polar surface area (TPSA) is 71.5 Å². The second-order valence-electron chi connectivity index (χ2n) is 6.50. The van der Waals surface area contributed by atoms with Crippen LogP contribution in [-0.2, 0) is 16.1 Å². The number of rotatable bonds is 6. The van der Waals surface area contributed by atoms with Crippen LogP contribution in [0.25, 0.3) is 0 Å². The Morgan fingerprint density at radius 3 is 2.96 bits per heavy atom. The van der Waals surface area contributed by atoms with Gasteiger partial charge in [-0.3, -0.25) is 9.59 Å². The summed E-state index contributed by atoms with van der Waals surface area (Å²) >= 11 is 0. The number of aromatic nitrogens is 1. The number of hydrogen-bond acceptors (Lipinski definition) is 4. The quantitative estimate of drug-likeness (QED) is 0.864. The number of carbonyl (C=O) groups excluding carboxylic acids is 2. The fourth-order valence-electron chi connectivity index (χ4n) is 3.63. The molecule has 130 valence electrons. The first-order chi connectivity index (χ1) is 11.7. The van der Waals surface area contributed by atoms with E-state index in [-0.39, 0.29) is 17.7 Å². The highest BCUT2D eigenvalue weighted by Gasteiger charge is 2.38. The molecule has 2 fully saturated rings. The zero-order chi connectivity index (χ0) is 16.9. The Morgan fingerprint density at radius 2 is 2.21 bits per heavy atom. The number of amides is 2. The van der Waals surface area contributed by atoms with Crippen molar-refractivity contribution in [2.75, 3.05) is 13.2 Å². The lowest BCUT2D eigenvalue weighted by molar-refractivity contribution is -0.130. The molecule has 1 N–H and O–H groups in total. The molecule has 6 nitrogen and oxygen atoms in total. The van der Waals surface area contributed by atoms with Gasteiger partial charge in [-0.1, -0.05) is 18.9 Å². The molecule has 1 atom stereocenters. The van der Waals surface area contributed by atoms with E-state index >= 15 is 0 Å². The van der Waals surface area contributed by atoms with Gasteiger partial charge in [0, 0.05) is 37.3 Å². The van der Waals surface area contributed by atoms with Crippen LogP contribution in [-0.4, -0.2) is 40.9 Å². The van der Waals surface area contributed by atoms with Crippen LogP contribution in [0.15, 0.2) is 18.3 Å². The van der Waals surface area contributed by atoms with Crippen molar-refractivity contribution in [1.29, 1.82) is 0 Å². The predicted octanol–water partition coefficient (Wildman–Crippen LogP) is 1.89. The minimum atomic E-state index is -0.245. The van der Waals surface area contributed by atoms with Gasteiger partial charge >= 0.3 is 0 Å². The summed E-state index contributed by atoms with van der Waals surface area (Å²) in [5.41, 5.74) is 0.852. The van der Waals surface area contributed by atoms with E-state index in [0.717, 1.165) is 18.4 Å². The molecule has 3 rings (SSSR count). The molecule has 2 aliphatic rings. The monoisotopic (exact) mass is 331 g/mol. The number of hydrogen-bond donors (Lipinski definition) is 1. The SMILES string of the molecule is CCOc1ncccc1CNC(=O)[C@H]1CC(=O)N(C2CCCC2)C1. The molecular formula is C18H25N3O3. The van der Waals surface area contributed by atoms with Crippen molar-refractivity contribution in [2.24, 2.45) is 5.92 Å². The Hall–Kier alpha value is -2.11. The minimum Gasteiger partial charge on any atom is -0.478 e. The van der Waals surface area contributed by atoms with Crippen LogP contribution in [0.1, 0.15) is 44.6 Å². The van der Waals surface area contributed by atoms with Gasteiger partial charge in [-0.25, -0.2) is 4.98 Å². The van der Waals surface area contributed by atoms with Gasteiger partial charge in [-0.15, -0.1) is 0 Å². The van der Waals surface area contributed by atoms with Crippen molar-refractivity contribution in [1.82, 2.24) is 15.2 Å². The first kappa shape index (κ1) is 16.7. The van der Waals surface area contributed by atoms with Gasteiger partial charge in [-0.05, 0) is 25.8 Å². The maximum absolute atomic E-state index is 12.4. The van der Waals surface area contributed by atoms with Gasteiger partial charge in [0.25, 0.3) is 0 Å². The smallest absolute Gasteiger partial charge is 0.225 e. The van der Waals surface area contributed by atoms with Gasteiger partial charge in [0.15, 0.2) is 0 Å². The third-order valence-electron chi connectivity index (χ3n) is 4.88. The van der Waals surface area contributed by atoms with E-state index in [2.05, 4.69) is 10.3 Å². The van der Waals surface area contributed by atoms with Crippen LogP contribution in [0.4, 0.5) is 0 Å².